The molecule has 0 aliphatic heterocycles. The van der Waals surface area contributed by atoms with Crippen LogP contribution in [0.25, 0.3) is 10.2 Å². The Morgan fingerprint density at radius 2 is 1.91 bits per heavy atom. The molecule has 0 radical (unpaired) electrons. The van der Waals surface area contributed by atoms with Crippen LogP contribution in [0.1, 0.15) is 30.2 Å². The van der Waals surface area contributed by atoms with E-state index in [-0.39, 0.29) is 23.8 Å². The summed E-state index contributed by atoms with van der Waals surface area (Å²) >= 11 is 2.66. The van der Waals surface area contributed by atoms with E-state index in [9.17, 15) is 18.8 Å². The summed E-state index contributed by atoms with van der Waals surface area (Å²) in [5.74, 6) is -1.14. The van der Waals surface area contributed by atoms with Gasteiger partial charge in [0.1, 0.15) is 10.6 Å². The van der Waals surface area contributed by atoms with Gasteiger partial charge < -0.3 is 10.6 Å². The molecule has 0 aliphatic carbocycles. The summed E-state index contributed by atoms with van der Waals surface area (Å²) in [6.07, 6.45) is 1.76. The minimum atomic E-state index is -0.418. The summed E-state index contributed by atoms with van der Waals surface area (Å²) in [4.78, 5) is 43.7. The third kappa shape index (κ3) is 5.74. The fourth-order valence-corrected chi connectivity index (χ4v) is 4.96. The molecule has 2 heterocycles. The van der Waals surface area contributed by atoms with Crippen molar-refractivity contribution < 1.29 is 14.0 Å². The van der Waals surface area contributed by atoms with Gasteiger partial charge in [0.25, 0.3) is 5.56 Å². The van der Waals surface area contributed by atoms with E-state index in [0.29, 0.717) is 27.6 Å². The molecule has 0 saturated heterocycles. The lowest BCUT2D eigenvalue weighted by Crippen LogP contribution is -2.34. The van der Waals surface area contributed by atoms with Crippen molar-refractivity contribution in [2.45, 2.75) is 45.3 Å². The molecular weight excluding hydrogens is 451 g/mol. The number of hydrogen-bond donors (Lipinski definition) is 2. The van der Waals surface area contributed by atoms with E-state index in [1.54, 1.807) is 4.57 Å². The van der Waals surface area contributed by atoms with Gasteiger partial charge in [-0.05, 0) is 50.1 Å². The summed E-state index contributed by atoms with van der Waals surface area (Å²) in [6, 6.07) is 5.36. The molecule has 2 N–H and O–H groups in total. The number of rotatable bonds is 9. The number of aromatic nitrogens is 2. The number of carbonyl (C=O) groups is 2. The monoisotopic (exact) mass is 476 g/mol. The first-order chi connectivity index (χ1) is 15.3. The van der Waals surface area contributed by atoms with Crippen molar-refractivity contribution >= 4 is 50.8 Å². The fourth-order valence-electron chi connectivity index (χ4n) is 3.03. The number of nitrogens with zero attached hydrogens (tertiary/aromatic N) is 2. The molecule has 2 aromatic heterocycles. The second kappa shape index (κ2) is 10.7. The van der Waals surface area contributed by atoms with Gasteiger partial charge >= 0.3 is 0 Å². The SMILES string of the molecule is CCCCn1c(SCC(=O)NCC(=O)Nc2ccc(F)cc2)nc2sc(C)c(C)c2c1=O. The van der Waals surface area contributed by atoms with Crippen molar-refractivity contribution in [2.24, 2.45) is 0 Å². The van der Waals surface area contributed by atoms with Gasteiger partial charge in [-0.1, -0.05) is 25.1 Å². The molecule has 0 saturated carbocycles. The predicted octanol–water partition coefficient (Wildman–Crippen LogP) is 3.86. The Morgan fingerprint density at radius 1 is 1.19 bits per heavy atom. The van der Waals surface area contributed by atoms with Crippen LogP contribution >= 0.6 is 23.1 Å². The number of nitrogens with one attached hydrogen (secondary N) is 2. The third-order valence-electron chi connectivity index (χ3n) is 4.90. The Labute approximate surface area is 193 Å². The average molecular weight is 477 g/mol. The van der Waals surface area contributed by atoms with Crippen molar-refractivity contribution in [1.29, 1.82) is 0 Å². The Kier molecular flexibility index (Phi) is 8.03. The topological polar surface area (TPSA) is 93.1 Å². The van der Waals surface area contributed by atoms with E-state index in [1.807, 2.05) is 20.8 Å². The quantitative estimate of drug-likeness (QED) is 0.361. The summed E-state index contributed by atoms with van der Waals surface area (Å²) in [5.41, 5.74) is 1.32. The van der Waals surface area contributed by atoms with Gasteiger partial charge in [0.05, 0.1) is 17.7 Å². The molecule has 0 bridgehead atoms. The number of hydrogen-bond acceptors (Lipinski definition) is 6. The van der Waals surface area contributed by atoms with Crippen molar-refractivity contribution in [2.75, 3.05) is 17.6 Å². The number of unbranched alkanes of at least 4 members (excludes halogenated alkanes) is 1. The van der Waals surface area contributed by atoms with Gasteiger partial charge in [0, 0.05) is 17.1 Å². The van der Waals surface area contributed by atoms with Gasteiger partial charge in [0.2, 0.25) is 11.8 Å². The molecule has 7 nitrogen and oxygen atoms in total. The summed E-state index contributed by atoms with van der Waals surface area (Å²) in [5, 5.41) is 6.29. The molecule has 2 amide bonds. The number of halogens is 1. The second-order valence-corrected chi connectivity index (χ2v) is 9.43. The molecule has 1 aromatic carbocycles. The number of fused-ring (bicyclic) bond motifs is 1. The van der Waals surface area contributed by atoms with Crippen LogP contribution in [-0.2, 0) is 16.1 Å². The highest BCUT2D eigenvalue weighted by molar-refractivity contribution is 7.99. The third-order valence-corrected chi connectivity index (χ3v) is 6.97. The first-order valence-corrected chi connectivity index (χ1v) is 12.1. The van der Waals surface area contributed by atoms with Crippen molar-refractivity contribution in [3.63, 3.8) is 0 Å². The Bertz CT molecular complexity index is 1190. The van der Waals surface area contributed by atoms with Crippen LogP contribution in [0.3, 0.4) is 0 Å². The van der Waals surface area contributed by atoms with E-state index in [1.165, 1.54) is 47.4 Å². The van der Waals surface area contributed by atoms with E-state index in [4.69, 9.17) is 0 Å². The van der Waals surface area contributed by atoms with Crippen LogP contribution in [0.5, 0.6) is 0 Å². The van der Waals surface area contributed by atoms with E-state index in [2.05, 4.69) is 15.6 Å². The summed E-state index contributed by atoms with van der Waals surface area (Å²) in [7, 11) is 0. The lowest BCUT2D eigenvalue weighted by atomic mass is 10.2. The minimum Gasteiger partial charge on any atom is -0.346 e. The van der Waals surface area contributed by atoms with Crippen LogP contribution < -0.4 is 16.2 Å². The zero-order valence-corrected chi connectivity index (χ0v) is 19.8. The molecule has 32 heavy (non-hydrogen) atoms. The van der Waals surface area contributed by atoms with Gasteiger partial charge in [-0.15, -0.1) is 11.3 Å². The van der Waals surface area contributed by atoms with Crippen LogP contribution in [0, 0.1) is 19.7 Å². The van der Waals surface area contributed by atoms with Gasteiger partial charge in [0.15, 0.2) is 5.16 Å². The average Bonchev–Trinajstić information content (AvgIpc) is 3.05. The van der Waals surface area contributed by atoms with E-state index in [0.717, 1.165) is 23.3 Å². The standard InChI is InChI=1S/C22H25FN4O3S2/c1-4-5-10-27-21(30)19-13(2)14(3)32-20(19)26-22(27)31-12-18(29)24-11-17(28)25-16-8-6-15(23)7-9-16/h6-9H,4-5,10-12H2,1-3H3,(H,24,29)(H,25,28). The number of anilines is 1. The Morgan fingerprint density at radius 3 is 2.59 bits per heavy atom. The number of amides is 2. The zero-order chi connectivity index (χ0) is 23.3. The maximum atomic E-state index is 13.1. The van der Waals surface area contributed by atoms with Gasteiger partial charge in [-0.2, -0.15) is 0 Å². The van der Waals surface area contributed by atoms with Crippen LogP contribution in [0.15, 0.2) is 34.2 Å². The molecule has 170 valence electrons. The number of thiophene rings is 1. The molecule has 0 atom stereocenters. The minimum absolute atomic E-state index is 0.0250. The molecule has 3 rings (SSSR count). The van der Waals surface area contributed by atoms with Crippen LogP contribution in [-0.4, -0.2) is 33.7 Å². The lowest BCUT2D eigenvalue weighted by molar-refractivity contribution is -0.122. The molecule has 10 heteroatoms. The van der Waals surface area contributed by atoms with Crippen molar-refractivity contribution in [1.82, 2.24) is 14.9 Å². The number of thioether (sulfide) groups is 1. The first kappa shape index (κ1) is 23.9. The van der Waals surface area contributed by atoms with Crippen LogP contribution in [0.4, 0.5) is 10.1 Å². The molecule has 3 aromatic rings. The molecule has 0 unspecified atom stereocenters. The predicted molar refractivity (Wildman–Crippen MR) is 127 cm³/mol. The molecule has 0 spiro atoms. The first-order valence-electron chi connectivity index (χ1n) is 10.3. The number of aryl methyl sites for hydroxylation is 2. The smallest absolute Gasteiger partial charge is 0.263 e. The highest BCUT2D eigenvalue weighted by atomic mass is 32.2. The summed E-state index contributed by atoms with van der Waals surface area (Å²) < 4.78 is 14.6. The summed E-state index contributed by atoms with van der Waals surface area (Å²) in [6.45, 7) is 6.27. The highest BCUT2D eigenvalue weighted by Gasteiger charge is 2.17. The van der Waals surface area contributed by atoms with E-state index >= 15 is 0 Å². The number of benzene rings is 1. The maximum Gasteiger partial charge on any atom is 0.263 e. The van der Waals surface area contributed by atoms with Crippen molar-refractivity contribution in [3.8, 4) is 0 Å². The van der Waals surface area contributed by atoms with Crippen LogP contribution in [0.2, 0.25) is 0 Å². The van der Waals surface area contributed by atoms with Gasteiger partial charge in [-0.3, -0.25) is 19.0 Å². The molecule has 0 aliphatic rings. The number of carbonyl (C=O) groups excluding carboxylic acids is 2. The largest absolute Gasteiger partial charge is 0.346 e. The highest BCUT2D eigenvalue weighted by Crippen LogP contribution is 2.28. The normalized spacial score (nSPS) is 11.0. The molecule has 0 fully saturated rings. The van der Waals surface area contributed by atoms with Gasteiger partial charge in [-0.25, -0.2) is 9.37 Å². The Hall–Kier alpha value is -2.72. The fraction of sp³-hybridized carbons (Fsp3) is 0.364. The Balaban J connectivity index is 1.64. The zero-order valence-electron chi connectivity index (χ0n) is 18.2. The second-order valence-electron chi connectivity index (χ2n) is 7.29. The maximum absolute atomic E-state index is 13.1. The lowest BCUT2D eigenvalue weighted by Gasteiger charge is -2.12. The molecular formula is C22H25FN4O3S2. The van der Waals surface area contributed by atoms with Crippen molar-refractivity contribution in [3.05, 3.63) is 50.9 Å². The van der Waals surface area contributed by atoms with E-state index < -0.39 is 11.7 Å².